The second kappa shape index (κ2) is 9.06. The zero-order valence-corrected chi connectivity index (χ0v) is 18.1. The number of nitrogens with zero attached hydrogens (tertiary/aromatic N) is 1. The molecule has 0 saturated heterocycles. The number of hydrogen-bond acceptors (Lipinski definition) is 2. The predicted octanol–water partition coefficient (Wildman–Crippen LogP) is 6.86. The normalized spacial score (nSPS) is 17.8. The zero-order valence-electron chi connectivity index (χ0n) is 18.1. The number of rotatable bonds is 6. The summed E-state index contributed by atoms with van der Waals surface area (Å²) in [5.74, 6) is 1.55. The molecule has 0 heterocycles. The van der Waals surface area contributed by atoms with Crippen molar-refractivity contribution in [3.05, 3.63) is 28.8 Å². The topological polar surface area (TPSA) is 21.6 Å². The van der Waals surface area contributed by atoms with Crippen LogP contribution in [0.15, 0.2) is 17.1 Å². The fraction of sp³-hybridized carbons (Fsp3) is 0.708. The van der Waals surface area contributed by atoms with Gasteiger partial charge in [0.05, 0.1) is 0 Å². The summed E-state index contributed by atoms with van der Waals surface area (Å²) in [7, 11) is 0. The minimum atomic E-state index is 0.0474. The van der Waals surface area contributed by atoms with Gasteiger partial charge in [0.2, 0.25) is 0 Å². The molecule has 0 aromatic heterocycles. The van der Waals surface area contributed by atoms with Gasteiger partial charge in [0.1, 0.15) is 11.9 Å². The summed E-state index contributed by atoms with van der Waals surface area (Å²) in [5, 5.41) is 0. The average molecular weight is 358 g/mol. The standard InChI is InChI=1S/C24H39NO/c1-8-22(17(2)3)26-23-20(16-25-19-12-10-9-11-13-19)18(4)14-15-21(23)24(5,6)7/h14-17,19,22H,8-13H2,1-7H3/t22-/m1/s1. The van der Waals surface area contributed by atoms with Gasteiger partial charge in [0.25, 0.3) is 0 Å². The molecule has 1 aliphatic carbocycles. The quantitative estimate of drug-likeness (QED) is 0.510. The van der Waals surface area contributed by atoms with Crippen LogP contribution in [0.1, 0.15) is 96.8 Å². The number of hydrogen-bond donors (Lipinski definition) is 0. The summed E-state index contributed by atoms with van der Waals surface area (Å²) in [6.07, 6.45) is 9.83. The monoisotopic (exact) mass is 357 g/mol. The van der Waals surface area contributed by atoms with E-state index in [9.17, 15) is 0 Å². The van der Waals surface area contributed by atoms with E-state index in [0.717, 1.165) is 12.2 Å². The Hall–Kier alpha value is -1.31. The first-order valence-electron chi connectivity index (χ1n) is 10.6. The minimum Gasteiger partial charge on any atom is -0.489 e. The first-order chi connectivity index (χ1) is 12.2. The van der Waals surface area contributed by atoms with E-state index in [1.807, 2.05) is 0 Å². The highest BCUT2D eigenvalue weighted by atomic mass is 16.5. The third-order valence-electron chi connectivity index (χ3n) is 5.63. The largest absolute Gasteiger partial charge is 0.489 e. The maximum absolute atomic E-state index is 6.64. The average Bonchev–Trinajstić information content (AvgIpc) is 2.58. The lowest BCUT2D eigenvalue weighted by atomic mass is 9.84. The Morgan fingerprint density at radius 2 is 1.81 bits per heavy atom. The lowest BCUT2D eigenvalue weighted by Crippen LogP contribution is -2.25. The smallest absolute Gasteiger partial charge is 0.132 e. The molecule has 26 heavy (non-hydrogen) atoms. The van der Waals surface area contributed by atoms with Crippen molar-refractivity contribution in [2.24, 2.45) is 10.9 Å². The van der Waals surface area contributed by atoms with Crippen molar-refractivity contribution in [2.75, 3.05) is 0 Å². The second-order valence-electron chi connectivity index (χ2n) is 9.30. The van der Waals surface area contributed by atoms with Gasteiger partial charge in [-0.05, 0) is 43.1 Å². The van der Waals surface area contributed by atoms with Gasteiger partial charge in [-0.3, -0.25) is 4.99 Å². The molecule has 1 aliphatic rings. The maximum atomic E-state index is 6.64. The molecule has 1 atom stereocenters. The molecule has 0 unspecified atom stereocenters. The van der Waals surface area contributed by atoms with E-state index in [1.54, 1.807) is 0 Å². The van der Waals surface area contributed by atoms with Crippen molar-refractivity contribution in [1.29, 1.82) is 0 Å². The number of ether oxygens (including phenoxy) is 1. The van der Waals surface area contributed by atoms with Crippen molar-refractivity contribution < 1.29 is 4.74 Å². The Kier molecular flexibility index (Phi) is 7.32. The van der Waals surface area contributed by atoms with Crippen molar-refractivity contribution in [3.63, 3.8) is 0 Å². The van der Waals surface area contributed by atoms with Gasteiger partial charge in [-0.25, -0.2) is 0 Å². The van der Waals surface area contributed by atoms with Gasteiger partial charge in [0.15, 0.2) is 0 Å². The van der Waals surface area contributed by atoms with Gasteiger partial charge in [-0.2, -0.15) is 0 Å². The van der Waals surface area contributed by atoms with Crippen molar-refractivity contribution in [2.45, 2.75) is 105 Å². The van der Waals surface area contributed by atoms with Crippen LogP contribution in [0.25, 0.3) is 0 Å². The van der Waals surface area contributed by atoms with E-state index in [0.29, 0.717) is 12.0 Å². The summed E-state index contributed by atoms with van der Waals surface area (Å²) < 4.78 is 6.64. The molecule has 1 fully saturated rings. The lowest BCUT2D eigenvalue weighted by Gasteiger charge is -2.29. The van der Waals surface area contributed by atoms with Gasteiger partial charge in [-0.1, -0.05) is 72.9 Å². The second-order valence-corrected chi connectivity index (χ2v) is 9.30. The fourth-order valence-corrected chi connectivity index (χ4v) is 3.83. The highest BCUT2D eigenvalue weighted by molar-refractivity contribution is 5.86. The third-order valence-corrected chi connectivity index (χ3v) is 5.63. The Balaban J connectivity index is 2.45. The minimum absolute atomic E-state index is 0.0474. The molecule has 2 rings (SSSR count). The van der Waals surface area contributed by atoms with E-state index in [4.69, 9.17) is 9.73 Å². The van der Waals surface area contributed by atoms with E-state index >= 15 is 0 Å². The number of aryl methyl sites for hydroxylation is 1. The summed E-state index contributed by atoms with van der Waals surface area (Å²) in [6, 6.07) is 4.96. The van der Waals surface area contributed by atoms with Crippen LogP contribution in [-0.4, -0.2) is 18.4 Å². The Morgan fingerprint density at radius 3 is 2.35 bits per heavy atom. The van der Waals surface area contributed by atoms with Crippen LogP contribution in [0, 0.1) is 12.8 Å². The molecule has 1 aromatic carbocycles. The number of aliphatic imine (C=N–C) groups is 1. The molecule has 2 nitrogen and oxygen atoms in total. The molecule has 0 amide bonds. The van der Waals surface area contributed by atoms with Gasteiger partial charge in [0, 0.05) is 23.4 Å². The molecule has 2 heteroatoms. The van der Waals surface area contributed by atoms with Crippen LogP contribution in [0.5, 0.6) is 5.75 Å². The fourth-order valence-electron chi connectivity index (χ4n) is 3.83. The van der Waals surface area contributed by atoms with Crippen molar-refractivity contribution in [1.82, 2.24) is 0 Å². The van der Waals surface area contributed by atoms with Gasteiger partial charge < -0.3 is 4.74 Å². The molecule has 146 valence electrons. The Morgan fingerprint density at radius 1 is 1.15 bits per heavy atom. The highest BCUT2D eigenvalue weighted by Gasteiger charge is 2.25. The van der Waals surface area contributed by atoms with E-state index in [2.05, 4.69) is 66.8 Å². The summed E-state index contributed by atoms with van der Waals surface area (Å²) in [4.78, 5) is 4.97. The first kappa shape index (κ1) is 21.0. The van der Waals surface area contributed by atoms with Gasteiger partial charge >= 0.3 is 0 Å². The summed E-state index contributed by atoms with van der Waals surface area (Å²) in [6.45, 7) is 15.7. The van der Waals surface area contributed by atoms with E-state index in [1.165, 1.54) is 48.8 Å². The van der Waals surface area contributed by atoms with Crippen molar-refractivity contribution >= 4 is 6.21 Å². The van der Waals surface area contributed by atoms with Crippen LogP contribution < -0.4 is 4.74 Å². The van der Waals surface area contributed by atoms with Crippen LogP contribution >= 0.6 is 0 Å². The Labute approximate surface area is 161 Å². The van der Waals surface area contributed by atoms with Crippen LogP contribution in [0.4, 0.5) is 0 Å². The van der Waals surface area contributed by atoms with E-state index < -0.39 is 0 Å². The van der Waals surface area contributed by atoms with Crippen LogP contribution in [0.3, 0.4) is 0 Å². The SMILES string of the molecule is CC[C@@H](Oc1c(C(C)(C)C)ccc(C)c1C=NC1CCCCC1)C(C)C. The van der Waals surface area contributed by atoms with Gasteiger partial charge in [-0.15, -0.1) is 0 Å². The Bertz CT molecular complexity index is 603. The molecular formula is C24H39NO. The predicted molar refractivity (Wildman–Crippen MR) is 114 cm³/mol. The van der Waals surface area contributed by atoms with Crippen LogP contribution in [-0.2, 0) is 5.41 Å². The molecular weight excluding hydrogens is 318 g/mol. The van der Waals surface area contributed by atoms with Crippen molar-refractivity contribution in [3.8, 4) is 5.75 Å². The van der Waals surface area contributed by atoms with E-state index in [-0.39, 0.29) is 11.5 Å². The number of benzene rings is 1. The first-order valence-corrected chi connectivity index (χ1v) is 10.6. The van der Waals surface area contributed by atoms with Crippen LogP contribution in [0.2, 0.25) is 0 Å². The third kappa shape index (κ3) is 5.34. The molecule has 1 saturated carbocycles. The maximum Gasteiger partial charge on any atom is 0.132 e. The zero-order chi connectivity index (χ0) is 19.3. The highest BCUT2D eigenvalue weighted by Crippen LogP contribution is 2.37. The molecule has 0 aliphatic heterocycles. The molecule has 0 bridgehead atoms. The summed E-state index contributed by atoms with van der Waals surface area (Å²) in [5.41, 5.74) is 3.77. The summed E-state index contributed by atoms with van der Waals surface area (Å²) >= 11 is 0. The molecule has 0 N–H and O–H groups in total. The molecule has 1 aromatic rings. The molecule has 0 spiro atoms. The lowest BCUT2D eigenvalue weighted by molar-refractivity contribution is 0.144. The molecule has 0 radical (unpaired) electrons.